The first-order valence-electron chi connectivity index (χ1n) is 7.83. The number of ether oxygens (including phenoxy) is 2. The molecule has 1 aromatic carbocycles. The smallest absolute Gasteiger partial charge is 0.251 e. The third-order valence-electron chi connectivity index (χ3n) is 4.17. The van der Waals surface area contributed by atoms with E-state index in [1.54, 1.807) is 7.11 Å². The molecule has 1 atom stereocenters. The Hall–Kier alpha value is -1.43. The fourth-order valence-electron chi connectivity index (χ4n) is 2.68. The van der Waals surface area contributed by atoms with Crippen LogP contribution in [-0.4, -0.2) is 57.4 Å². The number of benzene rings is 1. The molecule has 0 radical (unpaired) electrons. The summed E-state index contributed by atoms with van der Waals surface area (Å²) >= 11 is 0. The molecule has 5 nitrogen and oxygen atoms in total. The van der Waals surface area contributed by atoms with Crippen molar-refractivity contribution in [3.05, 3.63) is 34.9 Å². The van der Waals surface area contributed by atoms with Gasteiger partial charge in [0, 0.05) is 38.3 Å². The first kappa shape index (κ1) is 16.9. The molecule has 2 rings (SSSR count). The highest BCUT2D eigenvalue weighted by molar-refractivity contribution is 5.95. The SMILES string of the molecule is COCCNC(=O)c1cc(C(C)N2CCOCC2)ccc1C. The Balaban J connectivity index is 2.09. The molecule has 22 heavy (non-hydrogen) atoms. The molecule has 1 unspecified atom stereocenters. The molecule has 1 aromatic rings. The van der Waals surface area contributed by atoms with Crippen LogP contribution in [0.25, 0.3) is 0 Å². The van der Waals surface area contributed by atoms with E-state index >= 15 is 0 Å². The Morgan fingerprint density at radius 3 is 2.82 bits per heavy atom. The minimum Gasteiger partial charge on any atom is -0.383 e. The number of aryl methyl sites for hydroxylation is 1. The average Bonchev–Trinajstić information content (AvgIpc) is 2.55. The summed E-state index contributed by atoms with van der Waals surface area (Å²) in [5, 5.41) is 2.89. The van der Waals surface area contributed by atoms with Gasteiger partial charge in [0.05, 0.1) is 19.8 Å². The predicted octanol–water partition coefficient (Wildman–Crippen LogP) is 1.76. The minimum atomic E-state index is -0.0365. The van der Waals surface area contributed by atoms with Crippen LogP contribution < -0.4 is 5.32 Å². The van der Waals surface area contributed by atoms with Gasteiger partial charge in [-0.15, -0.1) is 0 Å². The van der Waals surface area contributed by atoms with Gasteiger partial charge in [-0.3, -0.25) is 9.69 Å². The second-order valence-electron chi connectivity index (χ2n) is 5.65. The quantitative estimate of drug-likeness (QED) is 0.814. The van der Waals surface area contributed by atoms with Gasteiger partial charge >= 0.3 is 0 Å². The van der Waals surface area contributed by atoms with Crippen molar-refractivity contribution in [2.45, 2.75) is 19.9 Å². The molecule has 1 saturated heterocycles. The van der Waals surface area contributed by atoms with Crippen LogP contribution in [-0.2, 0) is 9.47 Å². The molecule has 1 aliphatic heterocycles. The number of hydrogen-bond donors (Lipinski definition) is 1. The van der Waals surface area contributed by atoms with Crippen LogP contribution in [0.3, 0.4) is 0 Å². The third-order valence-corrected chi connectivity index (χ3v) is 4.17. The van der Waals surface area contributed by atoms with Crippen LogP contribution in [0, 0.1) is 6.92 Å². The molecule has 5 heteroatoms. The Morgan fingerprint density at radius 2 is 2.14 bits per heavy atom. The summed E-state index contributed by atoms with van der Waals surface area (Å²) in [6.07, 6.45) is 0. The number of rotatable bonds is 6. The topological polar surface area (TPSA) is 50.8 Å². The number of morpholine rings is 1. The predicted molar refractivity (Wildman–Crippen MR) is 86.2 cm³/mol. The highest BCUT2D eigenvalue weighted by Crippen LogP contribution is 2.23. The number of nitrogens with one attached hydrogen (secondary N) is 1. The second kappa shape index (κ2) is 8.27. The average molecular weight is 306 g/mol. The molecule has 1 amide bonds. The molecule has 0 saturated carbocycles. The lowest BCUT2D eigenvalue weighted by atomic mass is 9.99. The van der Waals surface area contributed by atoms with Crippen LogP contribution in [0.2, 0.25) is 0 Å². The number of methoxy groups -OCH3 is 1. The van der Waals surface area contributed by atoms with E-state index in [1.165, 1.54) is 5.56 Å². The Bertz CT molecular complexity index is 499. The van der Waals surface area contributed by atoms with E-state index in [0.29, 0.717) is 13.2 Å². The second-order valence-corrected chi connectivity index (χ2v) is 5.65. The zero-order chi connectivity index (χ0) is 15.9. The van der Waals surface area contributed by atoms with Gasteiger partial charge in [-0.1, -0.05) is 12.1 Å². The lowest BCUT2D eigenvalue weighted by Gasteiger charge is -2.32. The van der Waals surface area contributed by atoms with Gasteiger partial charge in [0.1, 0.15) is 0 Å². The van der Waals surface area contributed by atoms with Gasteiger partial charge in [0.25, 0.3) is 5.91 Å². The van der Waals surface area contributed by atoms with Gasteiger partial charge < -0.3 is 14.8 Å². The van der Waals surface area contributed by atoms with Gasteiger partial charge in [-0.25, -0.2) is 0 Å². The molecule has 0 bridgehead atoms. The molecule has 1 heterocycles. The fourth-order valence-corrected chi connectivity index (χ4v) is 2.68. The van der Waals surface area contributed by atoms with Crippen molar-refractivity contribution in [1.82, 2.24) is 10.2 Å². The molecule has 1 N–H and O–H groups in total. The van der Waals surface area contributed by atoms with Crippen molar-refractivity contribution in [2.24, 2.45) is 0 Å². The zero-order valence-corrected chi connectivity index (χ0v) is 13.7. The highest BCUT2D eigenvalue weighted by Gasteiger charge is 2.20. The monoisotopic (exact) mass is 306 g/mol. The first-order chi connectivity index (χ1) is 10.6. The van der Waals surface area contributed by atoms with Crippen molar-refractivity contribution in [3.8, 4) is 0 Å². The molecule has 1 fully saturated rings. The molecular formula is C17H26N2O3. The Kier molecular flexibility index (Phi) is 6.36. The van der Waals surface area contributed by atoms with Crippen molar-refractivity contribution >= 4 is 5.91 Å². The summed E-state index contributed by atoms with van der Waals surface area (Å²) in [5.41, 5.74) is 2.91. The normalized spacial score (nSPS) is 17.2. The van der Waals surface area contributed by atoms with Crippen molar-refractivity contribution in [1.29, 1.82) is 0 Å². The molecule has 0 aliphatic carbocycles. The van der Waals surface area contributed by atoms with E-state index in [4.69, 9.17) is 9.47 Å². The number of amides is 1. The van der Waals surface area contributed by atoms with Crippen molar-refractivity contribution < 1.29 is 14.3 Å². The van der Waals surface area contributed by atoms with Gasteiger partial charge in [0.2, 0.25) is 0 Å². The largest absolute Gasteiger partial charge is 0.383 e. The Labute approximate surface area is 132 Å². The summed E-state index contributed by atoms with van der Waals surface area (Å²) < 4.78 is 10.4. The molecule has 0 spiro atoms. The maximum absolute atomic E-state index is 12.3. The number of carbonyl (C=O) groups is 1. The van der Waals surface area contributed by atoms with Crippen LogP contribution in [0.5, 0.6) is 0 Å². The summed E-state index contributed by atoms with van der Waals surface area (Å²) in [5.74, 6) is -0.0365. The Morgan fingerprint density at radius 1 is 1.41 bits per heavy atom. The zero-order valence-electron chi connectivity index (χ0n) is 13.7. The summed E-state index contributed by atoms with van der Waals surface area (Å²) in [4.78, 5) is 14.7. The van der Waals surface area contributed by atoms with E-state index in [1.807, 2.05) is 19.1 Å². The molecule has 0 aromatic heterocycles. The van der Waals surface area contributed by atoms with E-state index in [-0.39, 0.29) is 11.9 Å². The van der Waals surface area contributed by atoms with Gasteiger partial charge in [0.15, 0.2) is 0 Å². The van der Waals surface area contributed by atoms with Gasteiger partial charge in [-0.2, -0.15) is 0 Å². The molecular weight excluding hydrogens is 280 g/mol. The van der Waals surface area contributed by atoms with Gasteiger partial charge in [-0.05, 0) is 31.0 Å². The molecule has 122 valence electrons. The lowest BCUT2D eigenvalue weighted by molar-refractivity contribution is 0.0198. The summed E-state index contributed by atoms with van der Waals surface area (Å²) in [6, 6.07) is 6.44. The van der Waals surface area contributed by atoms with Crippen LogP contribution in [0.4, 0.5) is 0 Å². The van der Waals surface area contributed by atoms with Crippen molar-refractivity contribution in [3.63, 3.8) is 0 Å². The standard InChI is InChI=1S/C17H26N2O3/c1-13-4-5-15(14(2)19-7-10-22-11-8-19)12-16(13)17(20)18-6-9-21-3/h4-5,12,14H,6-11H2,1-3H3,(H,18,20). The van der Waals surface area contributed by atoms with E-state index < -0.39 is 0 Å². The number of hydrogen-bond acceptors (Lipinski definition) is 4. The maximum atomic E-state index is 12.3. The summed E-state index contributed by atoms with van der Waals surface area (Å²) in [7, 11) is 1.63. The number of carbonyl (C=O) groups excluding carboxylic acids is 1. The lowest BCUT2D eigenvalue weighted by Crippen LogP contribution is -2.38. The molecule has 1 aliphatic rings. The van der Waals surface area contributed by atoms with Crippen molar-refractivity contribution in [2.75, 3.05) is 46.6 Å². The van der Waals surface area contributed by atoms with E-state index in [0.717, 1.165) is 37.4 Å². The van der Waals surface area contributed by atoms with Crippen LogP contribution >= 0.6 is 0 Å². The summed E-state index contributed by atoms with van der Waals surface area (Å²) in [6.45, 7) is 8.62. The van der Waals surface area contributed by atoms with E-state index in [9.17, 15) is 4.79 Å². The fraction of sp³-hybridized carbons (Fsp3) is 0.588. The minimum absolute atomic E-state index is 0.0365. The third kappa shape index (κ3) is 4.29. The first-order valence-corrected chi connectivity index (χ1v) is 7.83. The number of nitrogens with zero attached hydrogens (tertiary/aromatic N) is 1. The maximum Gasteiger partial charge on any atom is 0.251 e. The van der Waals surface area contributed by atoms with E-state index in [2.05, 4.69) is 23.2 Å². The van der Waals surface area contributed by atoms with Crippen LogP contribution in [0.15, 0.2) is 18.2 Å². The highest BCUT2D eigenvalue weighted by atomic mass is 16.5. The van der Waals surface area contributed by atoms with Crippen LogP contribution in [0.1, 0.15) is 34.5 Å².